The van der Waals surface area contributed by atoms with Gasteiger partial charge in [-0.2, -0.15) is 0 Å². The zero-order chi connectivity index (χ0) is 25.4. The van der Waals surface area contributed by atoms with Crippen LogP contribution in [0.3, 0.4) is 0 Å². The Labute approximate surface area is 206 Å². The predicted octanol–water partition coefficient (Wildman–Crippen LogP) is 2.46. The zero-order valence-electron chi connectivity index (χ0n) is 20.2. The van der Waals surface area contributed by atoms with Gasteiger partial charge < -0.3 is 21.9 Å². The third-order valence-corrected chi connectivity index (χ3v) is 6.03. The van der Waals surface area contributed by atoms with E-state index >= 15 is 0 Å². The summed E-state index contributed by atoms with van der Waals surface area (Å²) in [5, 5.41) is 12.6. The number of hydrogen-bond acceptors (Lipinski definition) is 5. The minimum absolute atomic E-state index is 0.172. The van der Waals surface area contributed by atoms with Crippen molar-refractivity contribution in [1.29, 1.82) is 0 Å². The largest absolute Gasteiger partial charge is 0.508 e. The van der Waals surface area contributed by atoms with Gasteiger partial charge in [-0.05, 0) is 48.7 Å². The van der Waals surface area contributed by atoms with E-state index in [1.807, 2.05) is 72.6 Å². The Kier molecular flexibility index (Phi) is 9.00. The fraction of sp³-hybridized carbons (Fsp3) is 0.286. The zero-order valence-corrected chi connectivity index (χ0v) is 20.2. The van der Waals surface area contributed by atoms with Crippen LogP contribution in [0.4, 0.5) is 0 Å². The smallest absolute Gasteiger partial charge is 0.242 e. The van der Waals surface area contributed by atoms with Crippen LogP contribution in [0.25, 0.3) is 0 Å². The Morgan fingerprint density at radius 1 is 0.943 bits per heavy atom. The van der Waals surface area contributed by atoms with Crippen molar-refractivity contribution >= 4 is 11.8 Å². The fourth-order valence-electron chi connectivity index (χ4n) is 4.25. The Morgan fingerprint density at radius 2 is 1.57 bits per heavy atom. The summed E-state index contributed by atoms with van der Waals surface area (Å²) in [5.74, 6) is -0.782. The molecular weight excluding hydrogens is 440 g/mol. The van der Waals surface area contributed by atoms with Crippen LogP contribution in [-0.2, 0) is 22.4 Å². The molecule has 7 nitrogen and oxygen atoms in total. The summed E-state index contributed by atoms with van der Waals surface area (Å²) in [6, 6.07) is 22.7. The van der Waals surface area contributed by atoms with Gasteiger partial charge in [-0.15, -0.1) is 0 Å². The molecule has 0 bridgehead atoms. The number of nitrogens with one attached hydrogen (secondary N) is 1. The molecule has 6 N–H and O–H groups in total. The van der Waals surface area contributed by atoms with Crippen LogP contribution >= 0.6 is 0 Å². The molecule has 0 fully saturated rings. The monoisotopic (exact) mass is 474 g/mol. The molecule has 3 aromatic carbocycles. The summed E-state index contributed by atoms with van der Waals surface area (Å²) >= 11 is 0. The van der Waals surface area contributed by atoms with E-state index in [0.717, 1.165) is 16.7 Å². The highest BCUT2D eigenvalue weighted by Gasteiger charge is 2.29. The Hall–Kier alpha value is -3.68. The van der Waals surface area contributed by atoms with E-state index in [-0.39, 0.29) is 24.1 Å². The van der Waals surface area contributed by atoms with Crippen LogP contribution in [0, 0.1) is 6.92 Å². The number of nitrogens with zero attached hydrogens (tertiary/aromatic N) is 1. The van der Waals surface area contributed by atoms with Crippen molar-refractivity contribution in [3.8, 4) is 5.75 Å². The first-order chi connectivity index (χ1) is 16.7. The molecule has 0 spiro atoms. The van der Waals surface area contributed by atoms with Crippen LogP contribution in [0.2, 0.25) is 0 Å². The number of primary amides is 1. The Morgan fingerprint density at radius 3 is 2.17 bits per heavy atom. The van der Waals surface area contributed by atoms with E-state index in [1.54, 1.807) is 25.1 Å². The number of likely N-dealkylation sites (N-methyl/N-ethyl adjacent to an activating group) is 1. The number of amides is 2. The van der Waals surface area contributed by atoms with Gasteiger partial charge in [0.1, 0.15) is 17.8 Å². The maximum atomic E-state index is 13.5. The van der Waals surface area contributed by atoms with Gasteiger partial charge in [0, 0.05) is 19.0 Å². The summed E-state index contributed by atoms with van der Waals surface area (Å²) in [6.45, 7) is 2.25. The van der Waals surface area contributed by atoms with Gasteiger partial charge in [-0.25, -0.2) is 0 Å². The molecule has 35 heavy (non-hydrogen) atoms. The molecule has 0 unspecified atom stereocenters. The highest BCUT2D eigenvalue weighted by atomic mass is 16.3. The molecule has 0 heterocycles. The average Bonchev–Trinajstić information content (AvgIpc) is 2.82. The highest BCUT2D eigenvalue weighted by Crippen LogP contribution is 2.22. The van der Waals surface area contributed by atoms with Gasteiger partial charge >= 0.3 is 0 Å². The maximum absolute atomic E-state index is 13.5. The SMILES string of the molecule is Cc1cc(C[C@H](NC(=O)[C@H](c2ccccc2)N(C)C[C@@H](N)Cc2ccccc2)C(N)=O)ccc1O. The lowest BCUT2D eigenvalue weighted by molar-refractivity contribution is -0.130. The lowest BCUT2D eigenvalue weighted by Crippen LogP contribution is -2.51. The van der Waals surface area contributed by atoms with Crippen molar-refractivity contribution in [2.75, 3.05) is 13.6 Å². The van der Waals surface area contributed by atoms with Gasteiger partial charge in [0.15, 0.2) is 0 Å². The number of carbonyl (C=O) groups is 2. The molecule has 7 heteroatoms. The number of rotatable bonds is 11. The summed E-state index contributed by atoms with van der Waals surface area (Å²) in [5.41, 5.74) is 15.5. The fourth-order valence-corrected chi connectivity index (χ4v) is 4.25. The number of aromatic hydroxyl groups is 1. The lowest BCUT2D eigenvalue weighted by atomic mass is 10.00. The van der Waals surface area contributed by atoms with Gasteiger partial charge in [0.05, 0.1) is 0 Å². The first-order valence-corrected chi connectivity index (χ1v) is 11.7. The second kappa shape index (κ2) is 12.1. The number of benzene rings is 3. The number of phenols is 1. The van der Waals surface area contributed by atoms with E-state index in [1.165, 1.54) is 0 Å². The van der Waals surface area contributed by atoms with E-state index in [0.29, 0.717) is 18.5 Å². The molecule has 3 rings (SSSR count). The van der Waals surface area contributed by atoms with Crippen LogP contribution in [0.15, 0.2) is 78.9 Å². The molecular formula is C28H34N4O3. The van der Waals surface area contributed by atoms with Crippen molar-refractivity contribution in [1.82, 2.24) is 10.2 Å². The second-order valence-corrected chi connectivity index (χ2v) is 8.99. The molecule has 0 aromatic heterocycles. The van der Waals surface area contributed by atoms with E-state index in [4.69, 9.17) is 11.5 Å². The van der Waals surface area contributed by atoms with Crippen LogP contribution < -0.4 is 16.8 Å². The number of phenolic OH excluding ortho intramolecular Hbond substituents is 1. The number of nitrogens with two attached hydrogens (primary N) is 2. The molecule has 184 valence electrons. The van der Waals surface area contributed by atoms with E-state index < -0.39 is 18.0 Å². The van der Waals surface area contributed by atoms with Crippen molar-refractivity contribution in [3.63, 3.8) is 0 Å². The topological polar surface area (TPSA) is 122 Å². The minimum Gasteiger partial charge on any atom is -0.508 e. The third kappa shape index (κ3) is 7.40. The molecule has 0 saturated carbocycles. The Balaban J connectivity index is 1.76. The van der Waals surface area contributed by atoms with E-state index in [9.17, 15) is 14.7 Å². The molecule has 0 aliphatic heterocycles. The maximum Gasteiger partial charge on any atom is 0.242 e. The van der Waals surface area contributed by atoms with Gasteiger partial charge in [-0.3, -0.25) is 14.5 Å². The van der Waals surface area contributed by atoms with Gasteiger partial charge in [-0.1, -0.05) is 72.8 Å². The summed E-state index contributed by atoms with van der Waals surface area (Å²) in [6.07, 6.45) is 0.902. The van der Waals surface area contributed by atoms with Gasteiger partial charge in [0.25, 0.3) is 0 Å². The number of hydrogen-bond donors (Lipinski definition) is 4. The Bertz CT molecular complexity index is 1120. The highest BCUT2D eigenvalue weighted by molar-refractivity contribution is 5.89. The molecule has 3 atom stereocenters. The minimum atomic E-state index is -0.899. The standard InChI is InChI=1S/C28H34N4O3/c1-19-15-21(13-14-25(19)33)17-24(27(30)34)31-28(35)26(22-11-7-4-8-12-22)32(2)18-23(29)16-20-9-5-3-6-10-20/h3-15,23-24,26,33H,16-18,29H2,1-2H3,(H2,30,34)(H,31,35)/t23-,24-,26-/m0/s1. The molecule has 0 aliphatic rings. The van der Waals surface area contributed by atoms with Crippen molar-refractivity contribution in [2.45, 2.75) is 37.9 Å². The predicted molar refractivity (Wildman–Crippen MR) is 138 cm³/mol. The van der Waals surface area contributed by atoms with Crippen molar-refractivity contribution < 1.29 is 14.7 Å². The van der Waals surface area contributed by atoms with E-state index in [2.05, 4.69) is 5.32 Å². The normalized spacial score (nSPS) is 13.7. The average molecular weight is 475 g/mol. The molecule has 2 amide bonds. The quantitative estimate of drug-likeness (QED) is 0.340. The molecule has 0 radical (unpaired) electrons. The molecule has 0 aliphatic carbocycles. The first kappa shape index (κ1) is 25.9. The summed E-state index contributed by atoms with van der Waals surface area (Å²) < 4.78 is 0. The first-order valence-electron chi connectivity index (χ1n) is 11.7. The molecule has 3 aromatic rings. The van der Waals surface area contributed by atoms with Gasteiger partial charge in [0.2, 0.25) is 11.8 Å². The second-order valence-electron chi connectivity index (χ2n) is 8.99. The lowest BCUT2D eigenvalue weighted by Gasteiger charge is -2.31. The van der Waals surface area contributed by atoms with Crippen LogP contribution in [0.5, 0.6) is 5.75 Å². The van der Waals surface area contributed by atoms with Crippen LogP contribution in [0.1, 0.15) is 28.3 Å². The third-order valence-electron chi connectivity index (χ3n) is 6.03. The van der Waals surface area contributed by atoms with Crippen molar-refractivity contribution in [2.24, 2.45) is 11.5 Å². The number of aryl methyl sites for hydroxylation is 1. The van der Waals surface area contributed by atoms with Crippen molar-refractivity contribution in [3.05, 3.63) is 101 Å². The summed E-state index contributed by atoms with van der Waals surface area (Å²) in [7, 11) is 1.85. The number of carbonyl (C=O) groups excluding carboxylic acids is 2. The molecule has 0 saturated heterocycles. The van der Waals surface area contributed by atoms with Crippen LogP contribution in [-0.4, -0.2) is 47.5 Å². The summed E-state index contributed by atoms with van der Waals surface area (Å²) in [4.78, 5) is 27.6.